The molecule has 1 rings (SSSR count). The van der Waals surface area contributed by atoms with Gasteiger partial charge in [0.1, 0.15) is 0 Å². The van der Waals surface area contributed by atoms with Crippen LogP contribution in [0.3, 0.4) is 0 Å². The van der Waals surface area contributed by atoms with Gasteiger partial charge in [-0.05, 0) is 17.7 Å². The van der Waals surface area contributed by atoms with Gasteiger partial charge in [-0.15, -0.1) is 0 Å². The van der Waals surface area contributed by atoms with Gasteiger partial charge in [-0.3, -0.25) is 4.79 Å². The first kappa shape index (κ1) is 17.1. The summed E-state index contributed by atoms with van der Waals surface area (Å²) in [6, 6.07) is 5.07. The molecule has 0 bridgehead atoms. The van der Waals surface area contributed by atoms with Crippen LogP contribution in [0.4, 0.5) is 13.2 Å². The fourth-order valence-electron chi connectivity index (χ4n) is 1.76. The van der Waals surface area contributed by atoms with E-state index < -0.39 is 17.5 Å². The van der Waals surface area contributed by atoms with Gasteiger partial charge >= 0.3 is 12.1 Å². The van der Waals surface area contributed by atoms with E-state index in [-0.39, 0.29) is 6.54 Å². The number of amides is 1. The van der Waals surface area contributed by atoms with Crippen molar-refractivity contribution < 1.29 is 27.4 Å². The highest BCUT2D eigenvalue weighted by atomic mass is 19.4. The van der Waals surface area contributed by atoms with E-state index >= 15 is 0 Å². The molecule has 0 spiro atoms. The Hall–Kier alpha value is -1.92. The van der Waals surface area contributed by atoms with Crippen molar-refractivity contribution in [1.29, 1.82) is 0 Å². The van der Waals surface area contributed by atoms with Crippen LogP contribution in [-0.4, -0.2) is 32.8 Å². The molecular weight excluding hydrogens is 287 g/mol. The lowest BCUT2D eigenvalue weighted by atomic mass is 9.84. The lowest BCUT2D eigenvalue weighted by Gasteiger charge is -2.26. The van der Waals surface area contributed by atoms with Gasteiger partial charge in [-0.25, -0.2) is 0 Å². The summed E-state index contributed by atoms with van der Waals surface area (Å²) in [6.07, 6.45) is -4.88. The summed E-state index contributed by atoms with van der Waals surface area (Å²) in [6.45, 7) is 3.30. The van der Waals surface area contributed by atoms with Crippen molar-refractivity contribution in [3.63, 3.8) is 0 Å². The Kier molecular flexibility index (Phi) is 5.09. The molecule has 21 heavy (non-hydrogen) atoms. The van der Waals surface area contributed by atoms with Gasteiger partial charge in [0.2, 0.25) is 0 Å². The summed E-state index contributed by atoms with van der Waals surface area (Å²) in [5.41, 5.74) is 0.0307. The standard InChI is InChI=1S/C14H18F3NO3/c1-13(2,8-18-12(19)14(15,16)17)9-5-6-10(20-3)11(7-9)21-4/h5-7H,8H2,1-4H3,(H,18,19). The number of alkyl halides is 3. The van der Waals surface area contributed by atoms with Crippen molar-refractivity contribution >= 4 is 5.91 Å². The number of hydrogen-bond acceptors (Lipinski definition) is 3. The zero-order valence-electron chi connectivity index (χ0n) is 12.3. The fourth-order valence-corrected chi connectivity index (χ4v) is 1.76. The van der Waals surface area contributed by atoms with E-state index in [0.717, 1.165) is 5.56 Å². The van der Waals surface area contributed by atoms with Crippen molar-refractivity contribution in [2.24, 2.45) is 0 Å². The lowest BCUT2D eigenvalue weighted by Crippen LogP contribution is -2.43. The van der Waals surface area contributed by atoms with Gasteiger partial charge < -0.3 is 14.8 Å². The third-order valence-electron chi connectivity index (χ3n) is 3.11. The maximum atomic E-state index is 12.2. The van der Waals surface area contributed by atoms with E-state index in [9.17, 15) is 18.0 Å². The number of benzene rings is 1. The molecule has 7 heteroatoms. The Morgan fingerprint density at radius 1 is 1.14 bits per heavy atom. The molecule has 1 amide bonds. The van der Waals surface area contributed by atoms with Crippen molar-refractivity contribution in [3.8, 4) is 11.5 Å². The van der Waals surface area contributed by atoms with Gasteiger partial charge in [0.05, 0.1) is 14.2 Å². The summed E-state index contributed by atoms with van der Waals surface area (Å²) in [5, 5.41) is 1.89. The molecule has 0 aliphatic carbocycles. The maximum absolute atomic E-state index is 12.2. The van der Waals surface area contributed by atoms with Gasteiger partial charge in [-0.2, -0.15) is 13.2 Å². The zero-order chi connectivity index (χ0) is 16.3. The molecule has 0 radical (unpaired) electrons. The van der Waals surface area contributed by atoms with Crippen molar-refractivity contribution in [1.82, 2.24) is 5.32 Å². The van der Waals surface area contributed by atoms with Crippen molar-refractivity contribution in [2.45, 2.75) is 25.4 Å². The summed E-state index contributed by atoms with van der Waals surface area (Å²) < 4.78 is 46.8. The van der Waals surface area contributed by atoms with Crippen LogP contribution in [0.1, 0.15) is 19.4 Å². The molecular formula is C14H18F3NO3. The summed E-state index contributed by atoms with van der Waals surface area (Å²) in [7, 11) is 2.96. The average Bonchev–Trinajstić information content (AvgIpc) is 2.42. The molecule has 1 aromatic carbocycles. The number of halogens is 3. The lowest BCUT2D eigenvalue weighted by molar-refractivity contribution is -0.173. The first-order chi connectivity index (χ1) is 9.61. The van der Waals surface area contributed by atoms with E-state index in [1.807, 2.05) is 5.32 Å². The Balaban J connectivity index is 2.90. The SMILES string of the molecule is COc1ccc(C(C)(C)CNC(=O)C(F)(F)F)cc1OC. The Labute approximate surface area is 121 Å². The van der Waals surface area contributed by atoms with Crippen LogP contribution >= 0.6 is 0 Å². The highest BCUT2D eigenvalue weighted by Crippen LogP contribution is 2.33. The molecule has 118 valence electrons. The van der Waals surface area contributed by atoms with Crippen LogP contribution in [0.15, 0.2) is 18.2 Å². The summed E-state index contributed by atoms with van der Waals surface area (Å²) >= 11 is 0. The van der Waals surface area contributed by atoms with Crippen LogP contribution in [0.25, 0.3) is 0 Å². The topological polar surface area (TPSA) is 47.6 Å². The third kappa shape index (κ3) is 4.27. The van der Waals surface area contributed by atoms with Gasteiger partial charge in [0, 0.05) is 12.0 Å². The monoisotopic (exact) mass is 305 g/mol. The summed E-state index contributed by atoms with van der Waals surface area (Å²) in [5.74, 6) is -0.947. The van der Waals surface area contributed by atoms with Crippen LogP contribution in [-0.2, 0) is 10.2 Å². The minimum absolute atomic E-state index is 0.152. The number of rotatable bonds is 5. The Morgan fingerprint density at radius 3 is 2.19 bits per heavy atom. The van der Waals surface area contributed by atoms with Crippen LogP contribution < -0.4 is 14.8 Å². The van der Waals surface area contributed by atoms with Gasteiger partial charge in [-0.1, -0.05) is 19.9 Å². The van der Waals surface area contributed by atoms with E-state index in [4.69, 9.17) is 9.47 Å². The zero-order valence-corrected chi connectivity index (χ0v) is 12.3. The number of carbonyl (C=O) groups excluding carboxylic acids is 1. The second-order valence-electron chi connectivity index (χ2n) is 5.13. The largest absolute Gasteiger partial charge is 0.493 e. The molecule has 0 unspecified atom stereocenters. The normalized spacial score (nSPS) is 12.0. The minimum atomic E-state index is -4.88. The van der Waals surface area contributed by atoms with E-state index in [2.05, 4.69) is 0 Å². The maximum Gasteiger partial charge on any atom is 0.471 e. The molecule has 4 nitrogen and oxygen atoms in total. The highest BCUT2D eigenvalue weighted by molar-refractivity contribution is 5.81. The second-order valence-corrected chi connectivity index (χ2v) is 5.13. The highest BCUT2D eigenvalue weighted by Gasteiger charge is 2.39. The first-order valence-corrected chi connectivity index (χ1v) is 6.19. The molecule has 0 fully saturated rings. The number of hydrogen-bond donors (Lipinski definition) is 1. The molecule has 1 N–H and O–H groups in total. The van der Waals surface area contributed by atoms with Crippen LogP contribution in [0.2, 0.25) is 0 Å². The van der Waals surface area contributed by atoms with E-state index in [1.165, 1.54) is 14.2 Å². The van der Waals surface area contributed by atoms with Gasteiger partial charge in [0.25, 0.3) is 0 Å². The van der Waals surface area contributed by atoms with Crippen LogP contribution in [0, 0.1) is 0 Å². The quantitative estimate of drug-likeness (QED) is 0.910. The minimum Gasteiger partial charge on any atom is -0.493 e. The number of carbonyl (C=O) groups is 1. The molecule has 0 saturated carbocycles. The molecule has 0 atom stereocenters. The predicted molar refractivity (Wildman–Crippen MR) is 71.6 cm³/mol. The molecule has 0 aromatic heterocycles. The molecule has 1 aromatic rings. The fraction of sp³-hybridized carbons (Fsp3) is 0.500. The summed E-state index contributed by atoms with van der Waals surface area (Å²) in [4.78, 5) is 10.9. The number of ether oxygens (including phenoxy) is 2. The Bertz CT molecular complexity index is 513. The van der Waals surface area contributed by atoms with E-state index in [1.54, 1.807) is 32.0 Å². The molecule has 0 saturated heterocycles. The smallest absolute Gasteiger partial charge is 0.471 e. The third-order valence-corrected chi connectivity index (χ3v) is 3.11. The second kappa shape index (κ2) is 6.24. The molecule has 0 heterocycles. The van der Waals surface area contributed by atoms with Crippen molar-refractivity contribution in [2.75, 3.05) is 20.8 Å². The predicted octanol–water partition coefficient (Wildman–Crippen LogP) is 2.66. The first-order valence-electron chi connectivity index (χ1n) is 6.19. The van der Waals surface area contributed by atoms with E-state index in [0.29, 0.717) is 11.5 Å². The average molecular weight is 305 g/mol. The molecule has 0 aliphatic rings. The number of nitrogens with one attached hydrogen (secondary N) is 1. The number of methoxy groups -OCH3 is 2. The van der Waals surface area contributed by atoms with Crippen LogP contribution in [0.5, 0.6) is 11.5 Å². The molecule has 0 aliphatic heterocycles. The van der Waals surface area contributed by atoms with Crippen molar-refractivity contribution in [3.05, 3.63) is 23.8 Å². The Morgan fingerprint density at radius 2 is 1.71 bits per heavy atom. The van der Waals surface area contributed by atoms with Gasteiger partial charge in [0.15, 0.2) is 11.5 Å².